The van der Waals surface area contributed by atoms with E-state index < -0.39 is 0 Å². The average Bonchev–Trinajstić information content (AvgIpc) is 3.20. The lowest BCUT2D eigenvalue weighted by atomic mass is 9.76. The van der Waals surface area contributed by atoms with Crippen LogP contribution in [0.3, 0.4) is 0 Å². The van der Waals surface area contributed by atoms with Crippen molar-refractivity contribution in [3.63, 3.8) is 0 Å². The van der Waals surface area contributed by atoms with Gasteiger partial charge in [0.1, 0.15) is 0 Å². The average molecular weight is 431 g/mol. The number of piperazine rings is 1. The summed E-state index contributed by atoms with van der Waals surface area (Å²) in [6.45, 7) is 6.70. The SMILES string of the molecule is Cc1ccc(C(=O)N2CCN(C(=O)N3CC4CC(C3)[C@H]3CCCC(=O)N3C4)CC2)s1. The maximum absolute atomic E-state index is 13.2. The lowest BCUT2D eigenvalue weighted by Gasteiger charge is -2.53. The van der Waals surface area contributed by atoms with Gasteiger partial charge in [0, 0.05) is 63.2 Å². The van der Waals surface area contributed by atoms with Crippen molar-refractivity contribution < 1.29 is 14.4 Å². The Morgan fingerprint density at radius 3 is 2.50 bits per heavy atom. The number of rotatable bonds is 1. The van der Waals surface area contributed by atoms with Gasteiger partial charge in [-0.3, -0.25) is 9.59 Å². The predicted molar refractivity (Wildman–Crippen MR) is 114 cm³/mol. The van der Waals surface area contributed by atoms with Crippen LogP contribution < -0.4 is 0 Å². The van der Waals surface area contributed by atoms with E-state index >= 15 is 0 Å². The highest BCUT2D eigenvalue weighted by Gasteiger charge is 2.45. The van der Waals surface area contributed by atoms with Crippen molar-refractivity contribution in [1.82, 2.24) is 19.6 Å². The fourth-order valence-electron chi connectivity index (χ4n) is 5.77. The van der Waals surface area contributed by atoms with E-state index in [0.717, 1.165) is 48.7 Å². The number of fused-ring (bicyclic) bond motifs is 4. The molecule has 5 heterocycles. The summed E-state index contributed by atoms with van der Waals surface area (Å²) in [5.41, 5.74) is 0. The molecule has 4 fully saturated rings. The van der Waals surface area contributed by atoms with Crippen molar-refractivity contribution in [2.24, 2.45) is 11.8 Å². The van der Waals surface area contributed by atoms with E-state index in [2.05, 4.69) is 4.90 Å². The summed E-state index contributed by atoms with van der Waals surface area (Å²) >= 11 is 1.53. The molecule has 0 aliphatic carbocycles. The number of aryl methyl sites for hydroxylation is 1. The van der Waals surface area contributed by atoms with Gasteiger partial charge >= 0.3 is 6.03 Å². The number of hydrogen-bond donors (Lipinski definition) is 0. The van der Waals surface area contributed by atoms with E-state index in [1.165, 1.54) is 11.3 Å². The molecule has 2 bridgehead atoms. The number of piperidine rings is 3. The predicted octanol–water partition coefficient (Wildman–Crippen LogP) is 2.27. The Labute approximate surface area is 181 Å². The van der Waals surface area contributed by atoms with Crippen LogP contribution in [0.1, 0.15) is 40.2 Å². The Bertz CT molecular complexity index is 847. The summed E-state index contributed by atoms with van der Waals surface area (Å²) in [5.74, 6) is 1.20. The largest absolute Gasteiger partial charge is 0.339 e. The Kier molecular flexibility index (Phi) is 5.21. The number of nitrogens with zero attached hydrogens (tertiary/aromatic N) is 4. The van der Waals surface area contributed by atoms with E-state index in [4.69, 9.17) is 0 Å². The number of hydrogen-bond acceptors (Lipinski definition) is 4. The fourth-order valence-corrected chi connectivity index (χ4v) is 6.61. The highest BCUT2D eigenvalue weighted by Crippen LogP contribution is 2.38. The summed E-state index contributed by atoms with van der Waals surface area (Å²) in [5, 5.41) is 0. The number of urea groups is 1. The van der Waals surface area contributed by atoms with Gasteiger partial charge in [0.15, 0.2) is 0 Å². The minimum absolute atomic E-state index is 0.0785. The van der Waals surface area contributed by atoms with Crippen molar-refractivity contribution >= 4 is 29.2 Å². The number of amides is 4. The first-order valence-corrected chi connectivity index (χ1v) is 12.0. The van der Waals surface area contributed by atoms with Crippen LogP contribution in [0.4, 0.5) is 4.79 Å². The first kappa shape index (κ1) is 19.8. The molecule has 7 nitrogen and oxygen atoms in total. The standard InChI is InChI=1S/C22H30N4O3S/c1-15-5-6-19(30-15)21(28)23-7-9-24(10-8-23)22(29)25-12-16-11-17(14-25)18-3-2-4-20(27)26(18)13-16/h5-6,16-18H,2-4,7-14H2,1H3/t16?,17?,18-/m1/s1. The first-order chi connectivity index (χ1) is 14.5. The van der Waals surface area contributed by atoms with Gasteiger partial charge in [-0.25, -0.2) is 4.79 Å². The normalized spacial score (nSPS) is 29.1. The quantitative estimate of drug-likeness (QED) is 0.687. The monoisotopic (exact) mass is 430 g/mol. The molecule has 0 saturated carbocycles. The molecule has 0 N–H and O–H groups in total. The minimum Gasteiger partial charge on any atom is -0.339 e. The van der Waals surface area contributed by atoms with Gasteiger partial charge in [0.05, 0.1) is 4.88 Å². The van der Waals surface area contributed by atoms with Gasteiger partial charge in [0.2, 0.25) is 5.91 Å². The van der Waals surface area contributed by atoms with E-state index in [1.807, 2.05) is 33.8 Å². The molecule has 162 valence electrons. The van der Waals surface area contributed by atoms with Crippen LogP contribution in [0, 0.1) is 18.8 Å². The molecule has 2 unspecified atom stereocenters. The van der Waals surface area contributed by atoms with E-state index in [0.29, 0.717) is 56.4 Å². The van der Waals surface area contributed by atoms with E-state index in [-0.39, 0.29) is 11.9 Å². The van der Waals surface area contributed by atoms with Gasteiger partial charge < -0.3 is 19.6 Å². The number of carbonyl (C=O) groups excluding carboxylic acids is 3. The molecule has 4 saturated heterocycles. The molecule has 3 atom stereocenters. The third-order valence-corrected chi connectivity index (χ3v) is 8.23. The highest BCUT2D eigenvalue weighted by atomic mass is 32.1. The molecule has 4 amide bonds. The van der Waals surface area contributed by atoms with Crippen LogP contribution in [-0.4, -0.2) is 89.3 Å². The Balaban J connectivity index is 1.18. The van der Waals surface area contributed by atoms with Crippen LogP contribution >= 0.6 is 11.3 Å². The van der Waals surface area contributed by atoms with Crippen molar-refractivity contribution in [2.75, 3.05) is 45.8 Å². The van der Waals surface area contributed by atoms with Crippen LogP contribution in [0.15, 0.2) is 12.1 Å². The van der Waals surface area contributed by atoms with Crippen LogP contribution in [0.2, 0.25) is 0 Å². The Hall–Kier alpha value is -2.09. The van der Waals surface area contributed by atoms with Crippen LogP contribution in [0.5, 0.6) is 0 Å². The molecular formula is C22H30N4O3S. The van der Waals surface area contributed by atoms with E-state index in [1.54, 1.807) is 0 Å². The molecule has 5 rings (SSSR count). The second kappa shape index (κ2) is 7.87. The minimum atomic E-state index is 0.0785. The third kappa shape index (κ3) is 3.59. The van der Waals surface area contributed by atoms with Gasteiger partial charge in [0.25, 0.3) is 5.91 Å². The Morgan fingerprint density at radius 2 is 1.77 bits per heavy atom. The first-order valence-electron chi connectivity index (χ1n) is 11.2. The second-order valence-corrected chi connectivity index (χ2v) is 10.5. The van der Waals surface area contributed by atoms with Crippen molar-refractivity contribution in [1.29, 1.82) is 0 Å². The third-order valence-electron chi connectivity index (χ3n) is 7.24. The zero-order valence-corrected chi connectivity index (χ0v) is 18.4. The van der Waals surface area contributed by atoms with Gasteiger partial charge in [-0.05, 0) is 50.2 Å². The van der Waals surface area contributed by atoms with E-state index in [9.17, 15) is 14.4 Å². The fraction of sp³-hybridized carbons (Fsp3) is 0.682. The number of carbonyl (C=O) groups is 3. The lowest BCUT2D eigenvalue weighted by molar-refractivity contribution is -0.144. The molecular weight excluding hydrogens is 400 g/mol. The van der Waals surface area contributed by atoms with Crippen LogP contribution in [0.25, 0.3) is 0 Å². The molecule has 4 aliphatic rings. The Morgan fingerprint density at radius 1 is 1.00 bits per heavy atom. The summed E-state index contributed by atoms with van der Waals surface area (Å²) in [6, 6.07) is 4.30. The van der Waals surface area contributed by atoms with Crippen molar-refractivity contribution in [3.05, 3.63) is 21.9 Å². The molecule has 1 aromatic heterocycles. The summed E-state index contributed by atoms with van der Waals surface area (Å²) in [4.78, 5) is 48.1. The second-order valence-electron chi connectivity index (χ2n) is 9.24. The van der Waals surface area contributed by atoms with Gasteiger partial charge in [-0.15, -0.1) is 11.3 Å². The van der Waals surface area contributed by atoms with Crippen molar-refractivity contribution in [2.45, 2.75) is 38.6 Å². The summed E-state index contributed by atoms with van der Waals surface area (Å²) in [7, 11) is 0. The summed E-state index contributed by atoms with van der Waals surface area (Å²) < 4.78 is 0. The lowest BCUT2D eigenvalue weighted by Crippen LogP contribution is -2.63. The molecule has 8 heteroatoms. The molecule has 1 aromatic rings. The molecule has 30 heavy (non-hydrogen) atoms. The van der Waals surface area contributed by atoms with Gasteiger partial charge in [-0.1, -0.05) is 0 Å². The smallest absolute Gasteiger partial charge is 0.320 e. The summed E-state index contributed by atoms with van der Waals surface area (Å²) in [6.07, 6.45) is 3.89. The molecule has 4 aliphatic heterocycles. The maximum Gasteiger partial charge on any atom is 0.320 e. The zero-order valence-electron chi connectivity index (χ0n) is 17.6. The van der Waals surface area contributed by atoms with Gasteiger partial charge in [-0.2, -0.15) is 0 Å². The molecule has 0 radical (unpaired) electrons. The van der Waals surface area contributed by atoms with Crippen molar-refractivity contribution in [3.8, 4) is 0 Å². The number of thiophene rings is 1. The van der Waals surface area contributed by atoms with Crippen LogP contribution in [-0.2, 0) is 4.79 Å². The maximum atomic E-state index is 13.2. The zero-order chi connectivity index (χ0) is 20.8. The topological polar surface area (TPSA) is 64.2 Å². The molecule has 0 spiro atoms. The number of likely N-dealkylation sites (tertiary alicyclic amines) is 1. The highest BCUT2D eigenvalue weighted by molar-refractivity contribution is 7.13. The molecule has 0 aromatic carbocycles.